The van der Waals surface area contributed by atoms with Gasteiger partial charge in [-0.1, -0.05) is 13.3 Å². The van der Waals surface area contributed by atoms with E-state index in [9.17, 15) is 18.0 Å². The molecule has 0 spiro atoms. The number of alkyl carbamates (subject to hydrolysis) is 1. The smallest absolute Gasteiger partial charge is 0.407 e. The van der Waals surface area contributed by atoms with Gasteiger partial charge in [0.2, 0.25) is 0 Å². The molecule has 1 atom stereocenters. The molecule has 0 bridgehead atoms. The number of hydrogen-bond acceptors (Lipinski definition) is 6. The maximum absolute atomic E-state index is 11.9. The number of unbranched alkanes of at least 4 members (excludes halogenated alkanes) is 1. The summed E-state index contributed by atoms with van der Waals surface area (Å²) < 4.78 is 38.2. The molecule has 1 amide bonds. The fourth-order valence-electron chi connectivity index (χ4n) is 1.53. The first kappa shape index (κ1) is 22.6. The molecule has 10 heteroatoms. The lowest BCUT2D eigenvalue weighted by Crippen LogP contribution is -2.52. The number of esters is 1. The van der Waals surface area contributed by atoms with Crippen molar-refractivity contribution in [1.82, 2.24) is 14.8 Å². The Morgan fingerprint density at radius 3 is 2.29 bits per heavy atom. The van der Waals surface area contributed by atoms with Crippen molar-refractivity contribution in [2.24, 2.45) is 0 Å². The molecule has 0 heterocycles. The van der Waals surface area contributed by atoms with Crippen LogP contribution in [0.5, 0.6) is 0 Å². The molecule has 0 fully saturated rings. The summed E-state index contributed by atoms with van der Waals surface area (Å²) >= 11 is 0. The van der Waals surface area contributed by atoms with Crippen LogP contribution < -0.4 is 14.8 Å². The van der Waals surface area contributed by atoms with Crippen molar-refractivity contribution < 1.29 is 27.5 Å². The highest BCUT2D eigenvalue weighted by Gasteiger charge is 2.27. The highest BCUT2D eigenvalue weighted by Crippen LogP contribution is 2.06. The molecule has 0 aromatic rings. The third kappa shape index (κ3) is 11.2. The van der Waals surface area contributed by atoms with Crippen LogP contribution in [-0.2, 0) is 24.5 Å². The van der Waals surface area contributed by atoms with Gasteiger partial charge in [-0.3, -0.25) is 4.79 Å². The van der Waals surface area contributed by atoms with Gasteiger partial charge < -0.3 is 14.8 Å². The first-order valence-electron chi connectivity index (χ1n) is 7.91. The minimum Gasteiger partial charge on any atom is -0.465 e. The van der Waals surface area contributed by atoms with E-state index in [1.807, 2.05) is 6.92 Å². The van der Waals surface area contributed by atoms with E-state index in [2.05, 4.69) is 14.8 Å². The second-order valence-electron chi connectivity index (χ2n) is 6.06. The van der Waals surface area contributed by atoms with Crippen LogP contribution in [0.15, 0.2) is 0 Å². The van der Waals surface area contributed by atoms with E-state index in [1.165, 1.54) is 0 Å². The van der Waals surface area contributed by atoms with Crippen LogP contribution in [0.25, 0.3) is 0 Å². The second kappa shape index (κ2) is 10.5. The summed E-state index contributed by atoms with van der Waals surface area (Å²) in [6.45, 7) is 8.65. The lowest BCUT2D eigenvalue weighted by molar-refractivity contribution is -0.144. The number of carbonyl (C=O) groups is 2. The summed E-state index contributed by atoms with van der Waals surface area (Å²) in [5, 5.41) is 2.35. The molecule has 3 N–H and O–H groups in total. The third-order valence-electron chi connectivity index (χ3n) is 2.54. The van der Waals surface area contributed by atoms with Gasteiger partial charge in [0.1, 0.15) is 11.6 Å². The zero-order valence-electron chi connectivity index (χ0n) is 15.0. The van der Waals surface area contributed by atoms with Crippen LogP contribution in [0.1, 0.15) is 47.5 Å². The van der Waals surface area contributed by atoms with E-state index in [1.54, 1.807) is 27.7 Å². The summed E-state index contributed by atoms with van der Waals surface area (Å²) in [5.74, 6) is -0.783. The fourth-order valence-corrected chi connectivity index (χ4v) is 2.58. The zero-order valence-corrected chi connectivity index (χ0v) is 15.8. The fraction of sp³-hybridized carbons (Fsp3) is 0.857. The van der Waals surface area contributed by atoms with Crippen molar-refractivity contribution in [3.63, 3.8) is 0 Å². The SMILES string of the molecule is CCCCNS(=O)(=O)N[C@@H](CNC(=O)OC(C)(C)C)C(=O)OCC. The van der Waals surface area contributed by atoms with Crippen LogP contribution in [0.2, 0.25) is 0 Å². The Labute approximate surface area is 144 Å². The second-order valence-corrected chi connectivity index (χ2v) is 7.59. The van der Waals surface area contributed by atoms with E-state index in [0.29, 0.717) is 6.42 Å². The molecule has 142 valence electrons. The van der Waals surface area contributed by atoms with Crippen molar-refractivity contribution in [1.29, 1.82) is 0 Å². The van der Waals surface area contributed by atoms with Crippen LogP contribution in [0.3, 0.4) is 0 Å². The minimum atomic E-state index is -3.89. The van der Waals surface area contributed by atoms with Gasteiger partial charge in [0.05, 0.1) is 6.61 Å². The molecule has 0 aliphatic carbocycles. The lowest BCUT2D eigenvalue weighted by atomic mass is 10.2. The summed E-state index contributed by atoms with van der Waals surface area (Å²) in [7, 11) is -3.89. The van der Waals surface area contributed by atoms with Crippen LogP contribution >= 0.6 is 0 Å². The number of amides is 1. The van der Waals surface area contributed by atoms with Crippen LogP contribution in [-0.4, -0.2) is 51.8 Å². The van der Waals surface area contributed by atoms with Gasteiger partial charge in [-0.25, -0.2) is 9.52 Å². The summed E-state index contributed by atoms with van der Waals surface area (Å²) in [4.78, 5) is 23.5. The van der Waals surface area contributed by atoms with Gasteiger partial charge in [0.15, 0.2) is 0 Å². The maximum atomic E-state index is 11.9. The van der Waals surface area contributed by atoms with Crippen molar-refractivity contribution in [2.45, 2.75) is 59.1 Å². The Kier molecular flexibility index (Phi) is 9.86. The highest BCUT2D eigenvalue weighted by atomic mass is 32.2. The number of rotatable bonds is 10. The number of hydrogen-bond donors (Lipinski definition) is 3. The minimum absolute atomic E-state index is 0.0900. The number of ether oxygens (including phenoxy) is 2. The summed E-state index contributed by atoms with van der Waals surface area (Å²) in [5.41, 5.74) is -0.704. The maximum Gasteiger partial charge on any atom is 0.407 e. The molecule has 9 nitrogen and oxygen atoms in total. The molecular weight excluding hydrogens is 338 g/mol. The number of nitrogens with one attached hydrogen (secondary N) is 3. The number of carbonyl (C=O) groups excluding carboxylic acids is 2. The van der Waals surface area contributed by atoms with Crippen molar-refractivity contribution >= 4 is 22.3 Å². The van der Waals surface area contributed by atoms with E-state index in [4.69, 9.17) is 9.47 Å². The summed E-state index contributed by atoms with van der Waals surface area (Å²) in [6, 6.07) is -1.25. The normalized spacial score (nSPS) is 13.2. The van der Waals surface area contributed by atoms with Gasteiger partial charge in [-0.15, -0.1) is 0 Å². The monoisotopic (exact) mass is 367 g/mol. The van der Waals surface area contributed by atoms with E-state index < -0.39 is 33.9 Å². The molecule has 0 radical (unpaired) electrons. The van der Waals surface area contributed by atoms with Crippen LogP contribution in [0.4, 0.5) is 4.79 Å². The van der Waals surface area contributed by atoms with Gasteiger partial charge >= 0.3 is 12.1 Å². The van der Waals surface area contributed by atoms with E-state index in [-0.39, 0.29) is 19.7 Å². The van der Waals surface area contributed by atoms with Crippen LogP contribution in [0, 0.1) is 0 Å². The van der Waals surface area contributed by atoms with Gasteiger partial charge in [0.25, 0.3) is 10.2 Å². The largest absolute Gasteiger partial charge is 0.465 e. The Morgan fingerprint density at radius 1 is 1.17 bits per heavy atom. The molecule has 0 saturated heterocycles. The standard InChI is InChI=1S/C14H29N3O6S/c1-6-8-9-16-24(20,21)17-11(12(18)22-7-2)10-15-13(19)23-14(3,4)5/h11,16-17H,6-10H2,1-5H3,(H,15,19)/t11-/m0/s1. The molecular formula is C14H29N3O6S. The van der Waals surface area contributed by atoms with Crippen molar-refractivity contribution in [2.75, 3.05) is 19.7 Å². The Bertz CT molecular complexity index is 501. The molecule has 0 aliphatic heterocycles. The van der Waals surface area contributed by atoms with E-state index >= 15 is 0 Å². The van der Waals surface area contributed by atoms with E-state index in [0.717, 1.165) is 6.42 Å². The zero-order chi connectivity index (χ0) is 18.8. The lowest BCUT2D eigenvalue weighted by Gasteiger charge is -2.22. The van der Waals surface area contributed by atoms with Gasteiger partial charge in [-0.2, -0.15) is 13.1 Å². The average Bonchev–Trinajstić information content (AvgIpc) is 2.41. The average molecular weight is 367 g/mol. The van der Waals surface area contributed by atoms with Crippen molar-refractivity contribution in [3.05, 3.63) is 0 Å². The first-order valence-corrected chi connectivity index (χ1v) is 9.39. The Morgan fingerprint density at radius 2 is 1.79 bits per heavy atom. The first-order chi connectivity index (χ1) is 11.0. The molecule has 0 rings (SSSR count). The molecule has 0 aromatic carbocycles. The summed E-state index contributed by atoms with van der Waals surface area (Å²) in [6.07, 6.45) is 0.737. The van der Waals surface area contributed by atoms with Gasteiger partial charge in [-0.05, 0) is 34.1 Å². The Balaban J connectivity index is 4.75. The predicted octanol–water partition coefficient (Wildman–Crippen LogP) is 0.667. The topological polar surface area (TPSA) is 123 Å². The predicted molar refractivity (Wildman–Crippen MR) is 89.6 cm³/mol. The Hall–Kier alpha value is -1.39. The van der Waals surface area contributed by atoms with Gasteiger partial charge in [0, 0.05) is 13.1 Å². The van der Waals surface area contributed by atoms with Crippen molar-refractivity contribution in [3.8, 4) is 0 Å². The quantitative estimate of drug-likeness (QED) is 0.385. The molecule has 0 saturated carbocycles. The molecule has 0 aliphatic rings. The third-order valence-corrected chi connectivity index (χ3v) is 3.72. The highest BCUT2D eigenvalue weighted by molar-refractivity contribution is 7.87. The molecule has 0 aromatic heterocycles. The molecule has 24 heavy (non-hydrogen) atoms. The molecule has 0 unspecified atom stereocenters.